The molecule has 3 rings (SSSR count). The summed E-state index contributed by atoms with van der Waals surface area (Å²) in [5.74, 6) is -0.242. The highest BCUT2D eigenvalue weighted by molar-refractivity contribution is 6.01. The van der Waals surface area contributed by atoms with Gasteiger partial charge >= 0.3 is 0 Å². The van der Waals surface area contributed by atoms with Crippen molar-refractivity contribution in [2.45, 2.75) is 12.5 Å². The second-order valence-electron chi connectivity index (χ2n) is 5.14. The van der Waals surface area contributed by atoms with E-state index in [1.807, 2.05) is 0 Å². The van der Waals surface area contributed by atoms with E-state index in [9.17, 15) is 9.18 Å². The van der Waals surface area contributed by atoms with Crippen molar-refractivity contribution in [2.24, 2.45) is 5.16 Å². The van der Waals surface area contributed by atoms with Crippen molar-refractivity contribution in [1.29, 1.82) is 0 Å². The molecule has 0 radical (unpaired) electrons. The predicted molar refractivity (Wildman–Crippen MR) is 78.1 cm³/mol. The molecule has 6 heteroatoms. The third kappa shape index (κ3) is 3.00. The van der Waals surface area contributed by atoms with Gasteiger partial charge in [0.25, 0.3) is 5.91 Å². The first-order valence-corrected chi connectivity index (χ1v) is 6.91. The fourth-order valence-corrected chi connectivity index (χ4v) is 2.34. The Bertz CT molecular complexity index is 697. The van der Waals surface area contributed by atoms with Crippen LogP contribution in [-0.4, -0.2) is 36.2 Å². The van der Waals surface area contributed by atoms with Gasteiger partial charge in [-0.3, -0.25) is 4.79 Å². The van der Waals surface area contributed by atoms with Crippen molar-refractivity contribution in [3.05, 3.63) is 59.8 Å². The molecule has 2 heterocycles. The molecule has 114 valence electrons. The molecule has 0 spiro atoms. The number of carbonyl (C=O) groups is 1. The molecule has 1 unspecified atom stereocenters. The molecule has 0 saturated heterocycles. The first-order chi connectivity index (χ1) is 10.6. The average Bonchev–Trinajstić information content (AvgIpc) is 3.18. The Morgan fingerprint density at radius 2 is 2.27 bits per heavy atom. The van der Waals surface area contributed by atoms with E-state index in [0.717, 1.165) is 0 Å². The number of furan rings is 1. The minimum Gasteiger partial charge on any atom is -0.459 e. The Hall–Kier alpha value is -2.63. The fourth-order valence-electron chi connectivity index (χ4n) is 2.34. The summed E-state index contributed by atoms with van der Waals surface area (Å²) in [6.45, 7) is 0.377. The summed E-state index contributed by atoms with van der Waals surface area (Å²) >= 11 is 0. The molecular formula is C16H15FN2O3. The smallest absolute Gasteiger partial charge is 0.289 e. The lowest BCUT2D eigenvalue weighted by atomic mass is 10.0. The Kier molecular flexibility index (Phi) is 3.91. The SMILES string of the molecule is CN(CC1CC(c2cccc(F)c2)=NO1)C(=O)c1ccco1. The number of hydrogen-bond donors (Lipinski definition) is 0. The van der Waals surface area contributed by atoms with Crippen LogP contribution in [0.25, 0.3) is 0 Å². The number of oxime groups is 1. The van der Waals surface area contributed by atoms with Crippen molar-refractivity contribution >= 4 is 11.6 Å². The maximum atomic E-state index is 13.2. The van der Waals surface area contributed by atoms with Crippen molar-refractivity contribution in [3.63, 3.8) is 0 Å². The summed E-state index contributed by atoms with van der Waals surface area (Å²) in [5, 5.41) is 3.99. The molecule has 1 aliphatic heterocycles. The van der Waals surface area contributed by atoms with Crippen LogP contribution < -0.4 is 0 Å². The Morgan fingerprint density at radius 1 is 1.41 bits per heavy atom. The molecule has 0 fully saturated rings. The molecule has 0 bridgehead atoms. The lowest BCUT2D eigenvalue weighted by Gasteiger charge is -2.18. The van der Waals surface area contributed by atoms with E-state index in [-0.39, 0.29) is 23.6 Å². The fraction of sp³-hybridized carbons (Fsp3) is 0.250. The standard InChI is InChI=1S/C16H15FN2O3/c1-19(16(20)15-6-3-7-21-15)10-13-9-14(18-22-13)11-4-2-5-12(17)8-11/h2-8,13H,9-10H2,1H3. The molecule has 1 aromatic carbocycles. The summed E-state index contributed by atoms with van der Waals surface area (Å²) in [4.78, 5) is 18.9. The van der Waals surface area contributed by atoms with Gasteiger partial charge in [-0.15, -0.1) is 0 Å². The van der Waals surface area contributed by atoms with E-state index in [2.05, 4.69) is 5.16 Å². The number of hydrogen-bond acceptors (Lipinski definition) is 4. The zero-order chi connectivity index (χ0) is 15.5. The van der Waals surface area contributed by atoms with Gasteiger partial charge in [-0.1, -0.05) is 17.3 Å². The first-order valence-electron chi connectivity index (χ1n) is 6.91. The van der Waals surface area contributed by atoms with Crippen LogP contribution in [0.3, 0.4) is 0 Å². The van der Waals surface area contributed by atoms with Crippen molar-refractivity contribution < 1.29 is 18.4 Å². The van der Waals surface area contributed by atoms with Crippen LogP contribution in [0.4, 0.5) is 4.39 Å². The first kappa shape index (κ1) is 14.3. The largest absolute Gasteiger partial charge is 0.459 e. The molecule has 0 aliphatic carbocycles. The van der Waals surface area contributed by atoms with Gasteiger partial charge in [-0.25, -0.2) is 4.39 Å². The van der Waals surface area contributed by atoms with E-state index in [1.165, 1.54) is 23.3 Å². The lowest BCUT2D eigenvalue weighted by Crippen LogP contribution is -2.34. The van der Waals surface area contributed by atoms with Crippen LogP contribution >= 0.6 is 0 Å². The zero-order valence-electron chi connectivity index (χ0n) is 12.0. The summed E-state index contributed by atoms with van der Waals surface area (Å²) < 4.78 is 18.3. The molecule has 0 saturated carbocycles. The van der Waals surface area contributed by atoms with Crippen LogP contribution in [0.15, 0.2) is 52.2 Å². The Morgan fingerprint density at radius 3 is 3.00 bits per heavy atom. The molecule has 1 amide bonds. The highest BCUT2D eigenvalue weighted by Crippen LogP contribution is 2.18. The van der Waals surface area contributed by atoms with E-state index >= 15 is 0 Å². The zero-order valence-corrected chi connectivity index (χ0v) is 12.0. The molecular weight excluding hydrogens is 287 g/mol. The molecule has 2 aromatic rings. The van der Waals surface area contributed by atoms with Crippen LogP contribution in [0.2, 0.25) is 0 Å². The minimum absolute atomic E-state index is 0.215. The molecule has 5 nitrogen and oxygen atoms in total. The average molecular weight is 302 g/mol. The number of amides is 1. The van der Waals surface area contributed by atoms with E-state index in [4.69, 9.17) is 9.25 Å². The second kappa shape index (κ2) is 6.01. The van der Waals surface area contributed by atoms with Crippen LogP contribution in [0.1, 0.15) is 22.5 Å². The van der Waals surface area contributed by atoms with E-state index in [1.54, 1.807) is 31.3 Å². The van der Waals surface area contributed by atoms with Gasteiger partial charge < -0.3 is 14.2 Å². The van der Waals surface area contributed by atoms with Crippen molar-refractivity contribution in [2.75, 3.05) is 13.6 Å². The predicted octanol–water partition coefficient (Wildman–Crippen LogP) is 2.68. The van der Waals surface area contributed by atoms with Gasteiger partial charge in [0.2, 0.25) is 0 Å². The summed E-state index contributed by atoms with van der Waals surface area (Å²) in [5.41, 5.74) is 1.38. The van der Waals surface area contributed by atoms with Crippen LogP contribution in [0, 0.1) is 5.82 Å². The van der Waals surface area contributed by atoms with Gasteiger partial charge in [0.15, 0.2) is 11.9 Å². The summed E-state index contributed by atoms with van der Waals surface area (Å²) in [6, 6.07) is 9.50. The number of halogens is 1. The summed E-state index contributed by atoms with van der Waals surface area (Å²) in [6.07, 6.45) is 1.74. The maximum absolute atomic E-state index is 13.2. The van der Waals surface area contributed by atoms with Gasteiger partial charge in [0.05, 0.1) is 18.5 Å². The lowest BCUT2D eigenvalue weighted by molar-refractivity contribution is 0.0464. The number of likely N-dealkylation sites (N-methyl/N-ethyl adjacent to an activating group) is 1. The number of carbonyl (C=O) groups excluding carboxylic acids is 1. The highest BCUT2D eigenvalue weighted by atomic mass is 19.1. The topological polar surface area (TPSA) is 55.0 Å². The van der Waals surface area contributed by atoms with E-state index < -0.39 is 0 Å². The molecule has 1 aromatic heterocycles. The normalized spacial score (nSPS) is 17.0. The second-order valence-corrected chi connectivity index (χ2v) is 5.14. The van der Waals surface area contributed by atoms with Gasteiger partial charge in [0, 0.05) is 19.0 Å². The highest BCUT2D eigenvalue weighted by Gasteiger charge is 2.26. The minimum atomic E-state index is -0.311. The third-order valence-corrected chi connectivity index (χ3v) is 3.45. The van der Waals surface area contributed by atoms with E-state index in [0.29, 0.717) is 24.2 Å². The molecule has 22 heavy (non-hydrogen) atoms. The van der Waals surface area contributed by atoms with Gasteiger partial charge in [-0.05, 0) is 24.3 Å². The monoisotopic (exact) mass is 302 g/mol. The third-order valence-electron chi connectivity index (χ3n) is 3.45. The Labute approximate surface area is 127 Å². The quantitative estimate of drug-likeness (QED) is 0.872. The molecule has 0 N–H and O–H groups in total. The van der Waals surface area contributed by atoms with Crippen molar-refractivity contribution in [1.82, 2.24) is 4.90 Å². The number of rotatable bonds is 4. The maximum Gasteiger partial charge on any atom is 0.289 e. The van der Waals surface area contributed by atoms with Crippen LogP contribution in [-0.2, 0) is 4.84 Å². The summed E-state index contributed by atoms with van der Waals surface area (Å²) in [7, 11) is 1.67. The van der Waals surface area contributed by atoms with Gasteiger partial charge in [0.1, 0.15) is 5.82 Å². The van der Waals surface area contributed by atoms with Crippen molar-refractivity contribution in [3.8, 4) is 0 Å². The van der Waals surface area contributed by atoms with Gasteiger partial charge in [-0.2, -0.15) is 0 Å². The Balaban J connectivity index is 1.59. The molecule has 1 atom stereocenters. The molecule has 1 aliphatic rings. The van der Waals surface area contributed by atoms with Crippen LogP contribution in [0.5, 0.6) is 0 Å². The number of benzene rings is 1. The number of nitrogens with zero attached hydrogens (tertiary/aromatic N) is 2.